The van der Waals surface area contributed by atoms with Crippen molar-refractivity contribution in [2.45, 2.75) is 56.3 Å². The predicted molar refractivity (Wildman–Crippen MR) is 114 cm³/mol. The summed E-state index contributed by atoms with van der Waals surface area (Å²) in [4.78, 5) is 17.5. The molecule has 166 valence electrons. The fraction of sp³-hybridized carbons (Fsp3) is 0.667. The van der Waals surface area contributed by atoms with E-state index in [9.17, 15) is 10.2 Å². The largest absolute Gasteiger partial charge is 0.386 e. The summed E-state index contributed by atoms with van der Waals surface area (Å²) in [5.74, 6) is 3.68. The Morgan fingerprint density at radius 3 is 2.61 bits per heavy atom. The lowest BCUT2D eigenvalue weighted by Gasteiger charge is -2.29. The van der Waals surface area contributed by atoms with Gasteiger partial charge in [-0.25, -0.2) is 15.0 Å². The summed E-state index contributed by atoms with van der Waals surface area (Å²) in [6.07, 6.45) is 3.90. The third kappa shape index (κ3) is 4.06. The van der Waals surface area contributed by atoms with E-state index < -0.39 is 24.5 Å². The van der Waals surface area contributed by atoms with E-state index in [1.807, 2.05) is 4.90 Å². The van der Waals surface area contributed by atoms with Crippen molar-refractivity contribution >= 4 is 17.0 Å². The van der Waals surface area contributed by atoms with Gasteiger partial charge < -0.3 is 30.1 Å². The SMILES string of the molecule is CN1CCN(C#C[C@H]2O[C@@H](n3cnc4c(NC5CCCC5)ncnc43)[C@H](O)[C@@H]2O)CC1. The standard InChI is InChI=1S/C21H29N7O3/c1-26-8-10-27(11-9-26)7-6-15-17(29)18(30)21(31-15)28-13-24-16-19(22-12-23-20(16)28)25-14-4-2-3-5-14/h12-15,17-18,21,29-30H,2-5,8-11H2,1H3,(H,22,23,25)/t15-,17-,18-,21-/m1/s1. The van der Waals surface area contributed by atoms with Crippen molar-refractivity contribution in [1.82, 2.24) is 29.3 Å². The van der Waals surface area contributed by atoms with E-state index in [2.05, 4.69) is 44.2 Å². The summed E-state index contributed by atoms with van der Waals surface area (Å²) in [5, 5.41) is 24.7. The minimum Gasteiger partial charge on any atom is -0.386 e. The molecule has 3 aliphatic rings. The second-order valence-corrected chi connectivity index (χ2v) is 8.65. The molecule has 10 nitrogen and oxygen atoms in total. The van der Waals surface area contributed by atoms with Crippen LogP contribution < -0.4 is 5.32 Å². The van der Waals surface area contributed by atoms with E-state index in [0.29, 0.717) is 23.0 Å². The molecule has 4 atom stereocenters. The first-order valence-corrected chi connectivity index (χ1v) is 11.0. The Balaban J connectivity index is 1.34. The summed E-state index contributed by atoms with van der Waals surface area (Å²) in [5.41, 5.74) is 1.19. The highest BCUT2D eigenvalue weighted by molar-refractivity contribution is 5.82. The van der Waals surface area contributed by atoms with Gasteiger partial charge in [-0.05, 0) is 25.8 Å². The van der Waals surface area contributed by atoms with Crippen molar-refractivity contribution in [1.29, 1.82) is 0 Å². The first-order chi connectivity index (χ1) is 15.1. The summed E-state index contributed by atoms with van der Waals surface area (Å²) in [7, 11) is 2.09. The van der Waals surface area contributed by atoms with E-state index in [1.165, 1.54) is 19.2 Å². The predicted octanol–water partition coefficient (Wildman–Crippen LogP) is 0.00830. The van der Waals surface area contributed by atoms with Gasteiger partial charge in [0, 0.05) is 38.3 Å². The highest BCUT2D eigenvalue weighted by atomic mass is 16.6. The van der Waals surface area contributed by atoms with Crippen LogP contribution in [0, 0.1) is 12.0 Å². The molecule has 0 unspecified atom stereocenters. The Bertz CT molecular complexity index is 972. The van der Waals surface area contributed by atoms with Gasteiger partial charge in [0.15, 0.2) is 29.3 Å². The van der Waals surface area contributed by atoms with Gasteiger partial charge in [0.25, 0.3) is 0 Å². The number of piperazine rings is 1. The monoisotopic (exact) mass is 427 g/mol. The second kappa shape index (κ2) is 8.59. The van der Waals surface area contributed by atoms with Gasteiger partial charge >= 0.3 is 0 Å². The molecule has 2 saturated heterocycles. The van der Waals surface area contributed by atoms with E-state index in [4.69, 9.17) is 4.74 Å². The van der Waals surface area contributed by atoms with Crippen molar-refractivity contribution in [3.63, 3.8) is 0 Å². The maximum atomic E-state index is 10.7. The highest BCUT2D eigenvalue weighted by Crippen LogP contribution is 2.32. The van der Waals surface area contributed by atoms with Crippen LogP contribution in [0.25, 0.3) is 11.2 Å². The fourth-order valence-corrected chi connectivity index (χ4v) is 4.49. The molecule has 3 N–H and O–H groups in total. The van der Waals surface area contributed by atoms with Crippen LogP contribution in [0.15, 0.2) is 12.7 Å². The van der Waals surface area contributed by atoms with Gasteiger partial charge in [-0.2, -0.15) is 0 Å². The van der Waals surface area contributed by atoms with Gasteiger partial charge in [0.05, 0.1) is 6.33 Å². The lowest BCUT2D eigenvalue weighted by molar-refractivity contribution is -0.0231. The molecule has 0 aromatic carbocycles. The quantitative estimate of drug-likeness (QED) is 0.583. The Morgan fingerprint density at radius 1 is 1.06 bits per heavy atom. The molecule has 5 rings (SSSR count). The van der Waals surface area contributed by atoms with Crippen molar-refractivity contribution in [3.05, 3.63) is 12.7 Å². The topological polar surface area (TPSA) is 112 Å². The second-order valence-electron chi connectivity index (χ2n) is 8.65. The van der Waals surface area contributed by atoms with Gasteiger partial charge in [-0.3, -0.25) is 4.57 Å². The van der Waals surface area contributed by atoms with Crippen LogP contribution in [0.1, 0.15) is 31.9 Å². The maximum absolute atomic E-state index is 10.7. The number of anilines is 1. The lowest BCUT2D eigenvalue weighted by Crippen LogP contribution is -2.42. The number of rotatable bonds is 3. The van der Waals surface area contributed by atoms with Crippen LogP contribution >= 0.6 is 0 Å². The number of likely N-dealkylation sites (N-methyl/N-ethyl adjacent to an activating group) is 1. The molecule has 1 saturated carbocycles. The Labute approximate surface area is 181 Å². The number of hydrogen-bond donors (Lipinski definition) is 3. The van der Waals surface area contributed by atoms with Crippen molar-refractivity contribution < 1.29 is 14.9 Å². The zero-order valence-electron chi connectivity index (χ0n) is 17.7. The number of ether oxygens (including phenoxy) is 1. The molecule has 0 bridgehead atoms. The molecule has 3 fully saturated rings. The normalized spacial score (nSPS) is 30.0. The van der Waals surface area contributed by atoms with Crippen molar-refractivity contribution in [2.75, 3.05) is 38.5 Å². The molecular formula is C21H29N7O3. The third-order valence-corrected chi connectivity index (χ3v) is 6.44. The van der Waals surface area contributed by atoms with E-state index >= 15 is 0 Å². The Kier molecular flexibility index (Phi) is 5.67. The summed E-state index contributed by atoms with van der Waals surface area (Å²) in [6, 6.07) is 3.48. The minimum absolute atomic E-state index is 0.396. The molecule has 0 spiro atoms. The van der Waals surface area contributed by atoms with Crippen LogP contribution in [0.3, 0.4) is 0 Å². The van der Waals surface area contributed by atoms with Crippen molar-refractivity contribution in [3.8, 4) is 12.0 Å². The van der Waals surface area contributed by atoms with Crippen LogP contribution in [-0.4, -0.2) is 97.1 Å². The van der Waals surface area contributed by atoms with Gasteiger partial charge in [-0.15, -0.1) is 0 Å². The molecule has 0 amide bonds. The molecular weight excluding hydrogens is 398 g/mol. The van der Waals surface area contributed by atoms with Crippen molar-refractivity contribution in [2.24, 2.45) is 0 Å². The molecule has 1 aliphatic carbocycles. The summed E-state index contributed by atoms with van der Waals surface area (Å²) >= 11 is 0. The van der Waals surface area contributed by atoms with Crippen LogP contribution in [0.4, 0.5) is 5.82 Å². The van der Waals surface area contributed by atoms with Gasteiger partial charge in [0.1, 0.15) is 18.5 Å². The molecule has 10 heteroatoms. The first kappa shape index (κ1) is 20.5. The number of fused-ring (bicyclic) bond motifs is 1. The van der Waals surface area contributed by atoms with Gasteiger partial charge in [0.2, 0.25) is 0 Å². The zero-order valence-corrected chi connectivity index (χ0v) is 17.7. The van der Waals surface area contributed by atoms with E-state index in [1.54, 1.807) is 10.9 Å². The van der Waals surface area contributed by atoms with Gasteiger partial charge in [-0.1, -0.05) is 12.8 Å². The van der Waals surface area contributed by atoms with E-state index in [0.717, 1.165) is 39.0 Å². The molecule has 2 aliphatic heterocycles. The number of imidazole rings is 1. The van der Waals surface area contributed by atoms with Crippen LogP contribution in [0.5, 0.6) is 0 Å². The average molecular weight is 428 g/mol. The fourth-order valence-electron chi connectivity index (χ4n) is 4.49. The number of nitrogens with one attached hydrogen (secondary N) is 1. The number of aliphatic hydroxyl groups excluding tert-OH is 2. The number of nitrogens with zero attached hydrogens (tertiary/aromatic N) is 6. The molecule has 0 radical (unpaired) electrons. The minimum atomic E-state index is -1.13. The summed E-state index contributed by atoms with van der Waals surface area (Å²) in [6.45, 7) is 3.59. The van der Waals surface area contributed by atoms with E-state index in [-0.39, 0.29) is 0 Å². The van der Waals surface area contributed by atoms with Crippen LogP contribution in [-0.2, 0) is 4.74 Å². The van der Waals surface area contributed by atoms with Crippen LogP contribution in [0.2, 0.25) is 0 Å². The molecule has 2 aromatic rings. The first-order valence-electron chi connectivity index (χ1n) is 11.0. The average Bonchev–Trinajstić information content (AvgIpc) is 3.50. The Hall–Kier alpha value is -2.45. The smallest absolute Gasteiger partial charge is 0.167 e. The molecule has 31 heavy (non-hydrogen) atoms. The zero-order chi connectivity index (χ0) is 21.4. The Morgan fingerprint density at radius 2 is 1.84 bits per heavy atom. The summed E-state index contributed by atoms with van der Waals surface area (Å²) < 4.78 is 7.61. The molecule has 4 heterocycles. The number of aliphatic hydroxyl groups is 2. The number of hydrogen-bond acceptors (Lipinski definition) is 9. The third-order valence-electron chi connectivity index (χ3n) is 6.44. The lowest BCUT2D eigenvalue weighted by atomic mass is 10.1. The highest BCUT2D eigenvalue weighted by Gasteiger charge is 2.44. The number of aromatic nitrogens is 4. The maximum Gasteiger partial charge on any atom is 0.167 e. The molecule has 2 aromatic heterocycles.